The summed E-state index contributed by atoms with van der Waals surface area (Å²) in [7, 11) is 0. The molecule has 0 bridgehead atoms. The lowest BCUT2D eigenvalue weighted by molar-refractivity contribution is 0.363. The van der Waals surface area contributed by atoms with Gasteiger partial charge in [0.25, 0.3) is 0 Å². The second-order valence-corrected chi connectivity index (χ2v) is 7.16. The minimum atomic E-state index is -0.0657. The summed E-state index contributed by atoms with van der Waals surface area (Å²) >= 11 is 12.1. The lowest BCUT2D eigenvalue weighted by Crippen LogP contribution is -2.07. The number of aromatic nitrogens is 2. The first-order valence-corrected chi connectivity index (χ1v) is 9.01. The summed E-state index contributed by atoms with van der Waals surface area (Å²) in [6, 6.07) is 13.7. The second kappa shape index (κ2) is 6.70. The molecule has 1 fully saturated rings. The van der Waals surface area contributed by atoms with Gasteiger partial charge in [-0.05, 0) is 55.2 Å². The van der Waals surface area contributed by atoms with Gasteiger partial charge < -0.3 is 9.84 Å². The van der Waals surface area contributed by atoms with Gasteiger partial charge in [-0.2, -0.15) is 4.98 Å². The summed E-state index contributed by atoms with van der Waals surface area (Å²) < 4.78 is 5.39. The lowest BCUT2D eigenvalue weighted by Gasteiger charge is -2.12. The van der Waals surface area contributed by atoms with E-state index in [0.29, 0.717) is 21.9 Å². The molecule has 1 atom stereocenters. The van der Waals surface area contributed by atoms with E-state index in [1.807, 2.05) is 37.3 Å². The predicted octanol–water partition coefficient (Wildman–Crippen LogP) is 6.09. The van der Waals surface area contributed by atoms with Gasteiger partial charge >= 0.3 is 0 Å². The average Bonchev–Trinajstić information content (AvgIpc) is 3.34. The van der Waals surface area contributed by atoms with Crippen LogP contribution in [0.4, 0.5) is 5.69 Å². The molecule has 0 radical (unpaired) electrons. The molecule has 1 aliphatic rings. The molecule has 0 spiro atoms. The highest BCUT2D eigenvalue weighted by atomic mass is 35.5. The fourth-order valence-electron chi connectivity index (χ4n) is 2.71. The van der Waals surface area contributed by atoms with Crippen LogP contribution in [-0.2, 0) is 0 Å². The molecule has 1 aromatic heterocycles. The van der Waals surface area contributed by atoms with Gasteiger partial charge in [-0.25, -0.2) is 0 Å². The number of hydrogen-bond donors (Lipinski definition) is 1. The van der Waals surface area contributed by atoms with Crippen LogP contribution in [0, 0.1) is 0 Å². The highest BCUT2D eigenvalue weighted by molar-refractivity contribution is 6.42. The van der Waals surface area contributed by atoms with Crippen LogP contribution in [0.25, 0.3) is 11.1 Å². The average molecular weight is 374 g/mol. The Bertz CT molecular complexity index is 905. The maximum Gasteiger partial charge on any atom is 0.248 e. The number of anilines is 1. The van der Waals surface area contributed by atoms with Crippen LogP contribution in [0.1, 0.15) is 43.4 Å². The first kappa shape index (κ1) is 16.4. The molecule has 1 N–H and O–H groups in total. The van der Waals surface area contributed by atoms with Crippen molar-refractivity contribution >= 4 is 28.9 Å². The van der Waals surface area contributed by atoms with Gasteiger partial charge in [0.05, 0.1) is 10.0 Å². The molecule has 128 valence electrons. The molecule has 1 unspecified atom stereocenters. The van der Waals surface area contributed by atoms with Crippen LogP contribution in [0.5, 0.6) is 0 Å². The van der Waals surface area contributed by atoms with Gasteiger partial charge in [-0.1, -0.05) is 46.6 Å². The highest BCUT2D eigenvalue weighted by Gasteiger charge is 2.29. The summed E-state index contributed by atoms with van der Waals surface area (Å²) in [5.41, 5.74) is 3.04. The largest absolute Gasteiger partial charge is 0.374 e. The summed E-state index contributed by atoms with van der Waals surface area (Å²) in [4.78, 5) is 4.50. The van der Waals surface area contributed by atoms with Crippen LogP contribution in [0.15, 0.2) is 47.0 Å². The van der Waals surface area contributed by atoms with Crippen LogP contribution in [0.2, 0.25) is 10.0 Å². The highest BCUT2D eigenvalue weighted by Crippen LogP contribution is 2.38. The van der Waals surface area contributed by atoms with E-state index in [1.165, 1.54) is 0 Å². The Balaban J connectivity index is 1.53. The Kier molecular flexibility index (Phi) is 4.40. The van der Waals surface area contributed by atoms with Crippen LogP contribution in [0.3, 0.4) is 0 Å². The molecule has 0 saturated heterocycles. The van der Waals surface area contributed by atoms with E-state index < -0.39 is 0 Å². The minimum Gasteiger partial charge on any atom is -0.374 e. The van der Waals surface area contributed by atoms with Gasteiger partial charge in [-0.3, -0.25) is 0 Å². The van der Waals surface area contributed by atoms with Crippen LogP contribution < -0.4 is 5.32 Å². The van der Waals surface area contributed by atoms with Crippen molar-refractivity contribution in [3.8, 4) is 11.1 Å². The number of rotatable bonds is 5. The zero-order valence-electron chi connectivity index (χ0n) is 13.7. The van der Waals surface area contributed by atoms with Crippen LogP contribution >= 0.6 is 23.2 Å². The van der Waals surface area contributed by atoms with E-state index in [9.17, 15) is 0 Å². The zero-order valence-corrected chi connectivity index (χ0v) is 15.2. The first-order chi connectivity index (χ1) is 12.1. The zero-order chi connectivity index (χ0) is 17.4. The van der Waals surface area contributed by atoms with Gasteiger partial charge in [-0.15, -0.1) is 0 Å². The molecule has 1 aliphatic carbocycles. The number of nitrogens with zero attached hydrogens (tertiary/aromatic N) is 2. The molecule has 6 heteroatoms. The van der Waals surface area contributed by atoms with E-state index in [-0.39, 0.29) is 6.04 Å². The Hall–Kier alpha value is -2.04. The van der Waals surface area contributed by atoms with Crippen molar-refractivity contribution in [1.29, 1.82) is 0 Å². The summed E-state index contributed by atoms with van der Waals surface area (Å²) in [6.07, 6.45) is 2.32. The Morgan fingerprint density at radius 3 is 2.64 bits per heavy atom. The summed E-state index contributed by atoms with van der Waals surface area (Å²) in [5, 5.41) is 8.58. The quantitative estimate of drug-likeness (QED) is 0.587. The molecule has 1 heterocycles. The molecule has 25 heavy (non-hydrogen) atoms. The number of nitrogens with one attached hydrogen (secondary N) is 1. The standard InChI is InChI=1S/C19H17Cl2N3O/c1-11(19-23-18(24-25-19)12-5-6-12)22-15-4-2-3-13(9-15)14-7-8-16(20)17(21)10-14/h2-4,7-12,22H,5-6H2,1H3. The molecule has 4 rings (SSSR count). The van der Waals surface area contributed by atoms with E-state index in [4.69, 9.17) is 27.7 Å². The van der Waals surface area contributed by atoms with Crippen molar-refractivity contribution in [3.05, 3.63) is 64.2 Å². The molecular formula is C19H17Cl2N3O. The van der Waals surface area contributed by atoms with Crippen molar-refractivity contribution in [3.63, 3.8) is 0 Å². The smallest absolute Gasteiger partial charge is 0.248 e. The first-order valence-electron chi connectivity index (χ1n) is 8.25. The van der Waals surface area contributed by atoms with E-state index in [0.717, 1.165) is 35.5 Å². The summed E-state index contributed by atoms with van der Waals surface area (Å²) in [6.45, 7) is 2.01. The van der Waals surface area contributed by atoms with Gasteiger partial charge in [0.2, 0.25) is 5.89 Å². The van der Waals surface area contributed by atoms with Crippen molar-refractivity contribution < 1.29 is 4.52 Å². The second-order valence-electron chi connectivity index (χ2n) is 6.34. The number of halogens is 2. The van der Waals surface area contributed by atoms with Crippen LogP contribution in [-0.4, -0.2) is 10.1 Å². The SMILES string of the molecule is CC(Nc1cccc(-c2ccc(Cl)c(Cl)c2)c1)c1nc(C2CC2)no1. The fourth-order valence-corrected chi connectivity index (χ4v) is 3.00. The monoisotopic (exact) mass is 373 g/mol. The van der Waals surface area contributed by atoms with Crippen molar-refractivity contribution in [2.24, 2.45) is 0 Å². The third kappa shape index (κ3) is 3.65. The lowest BCUT2D eigenvalue weighted by atomic mass is 10.0. The Morgan fingerprint density at radius 1 is 1.08 bits per heavy atom. The Morgan fingerprint density at radius 2 is 1.88 bits per heavy atom. The maximum absolute atomic E-state index is 6.13. The third-order valence-electron chi connectivity index (χ3n) is 4.27. The van der Waals surface area contributed by atoms with Crippen molar-refractivity contribution in [1.82, 2.24) is 10.1 Å². The van der Waals surface area contributed by atoms with E-state index in [2.05, 4.69) is 21.5 Å². The molecule has 3 aromatic rings. The normalized spacial score (nSPS) is 15.2. The molecule has 1 saturated carbocycles. The predicted molar refractivity (Wildman–Crippen MR) is 100 cm³/mol. The topological polar surface area (TPSA) is 51.0 Å². The maximum atomic E-state index is 6.13. The van der Waals surface area contributed by atoms with Gasteiger partial charge in [0.1, 0.15) is 6.04 Å². The van der Waals surface area contributed by atoms with Crippen molar-refractivity contribution in [2.75, 3.05) is 5.32 Å². The minimum absolute atomic E-state index is 0.0657. The molecule has 0 amide bonds. The van der Waals surface area contributed by atoms with E-state index in [1.54, 1.807) is 6.07 Å². The third-order valence-corrected chi connectivity index (χ3v) is 5.01. The van der Waals surface area contributed by atoms with Gasteiger partial charge in [0.15, 0.2) is 5.82 Å². The van der Waals surface area contributed by atoms with Crippen molar-refractivity contribution in [2.45, 2.75) is 31.7 Å². The molecular weight excluding hydrogens is 357 g/mol. The van der Waals surface area contributed by atoms with Gasteiger partial charge in [0, 0.05) is 11.6 Å². The summed E-state index contributed by atoms with van der Waals surface area (Å²) in [5.74, 6) is 1.93. The molecule has 2 aromatic carbocycles. The number of hydrogen-bond acceptors (Lipinski definition) is 4. The molecule has 0 aliphatic heterocycles. The Labute approximate surface area is 156 Å². The molecule has 4 nitrogen and oxygen atoms in total. The fraction of sp³-hybridized carbons (Fsp3) is 0.263. The number of benzene rings is 2. The van der Waals surface area contributed by atoms with E-state index >= 15 is 0 Å².